The van der Waals surface area contributed by atoms with E-state index in [1.54, 1.807) is 29.2 Å². The van der Waals surface area contributed by atoms with Crippen molar-refractivity contribution in [3.63, 3.8) is 0 Å². The summed E-state index contributed by atoms with van der Waals surface area (Å²) in [6.45, 7) is 2.24. The molecule has 0 unspecified atom stereocenters. The van der Waals surface area contributed by atoms with Crippen LogP contribution in [0.1, 0.15) is 34.3 Å². The first-order valence-electron chi connectivity index (χ1n) is 9.43. The smallest absolute Gasteiger partial charge is 0.338 e. The molecule has 1 fully saturated rings. The molecule has 1 aliphatic heterocycles. The molecule has 156 valence electrons. The van der Waals surface area contributed by atoms with Crippen LogP contribution in [0.2, 0.25) is 0 Å². The predicted molar refractivity (Wildman–Crippen MR) is 108 cm³/mol. The summed E-state index contributed by atoms with van der Waals surface area (Å²) in [4.78, 5) is 48.1. The van der Waals surface area contributed by atoms with Gasteiger partial charge in [-0.2, -0.15) is 0 Å². The lowest BCUT2D eigenvalue weighted by Gasteiger charge is -2.15. The average molecular weight is 411 g/mol. The van der Waals surface area contributed by atoms with Crippen molar-refractivity contribution in [1.29, 1.82) is 0 Å². The summed E-state index contributed by atoms with van der Waals surface area (Å²) in [6, 6.07) is 11.0. The van der Waals surface area contributed by atoms with Crippen LogP contribution in [0.15, 0.2) is 42.5 Å². The number of esters is 1. The minimum absolute atomic E-state index is 0.111. The van der Waals surface area contributed by atoms with Crippen molar-refractivity contribution >= 4 is 29.2 Å². The molecule has 2 aromatic carbocycles. The molecule has 0 bridgehead atoms. The van der Waals surface area contributed by atoms with Crippen molar-refractivity contribution in [2.75, 3.05) is 18.5 Å². The highest BCUT2D eigenvalue weighted by atomic mass is 16.6. The SMILES string of the molecule is Cc1c(NC(=O)COC(=O)c2ccc(CN3CCCC3=O)cc2)cccc1[N+](=O)[O-]. The van der Waals surface area contributed by atoms with E-state index in [1.807, 2.05) is 0 Å². The lowest BCUT2D eigenvalue weighted by molar-refractivity contribution is -0.385. The zero-order chi connectivity index (χ0) is 21.7. The van der Waals surface area contributed by atoms with E-state index in [4.69, 9.17) is 4.74 Å². The number of hydrogen-bond donors (Lipinski definition) is 1. The zero-order valence-corrected chi connectivity index (χ0v) is 16.4. The second-order valence-electron chi connectivity index (χ2n) is 6.95. The quantitative estimate of drug-likeness (QED) is 0.425. The maximum Gasteiger partial charge on any atom is 0.338 e. The van der Waals surface area contributed by atoms with Crippen LogP contribution in [0.5, 0.6) is 0 Å². The van der Waals surface area contributed by atoms with Gasteiger partial charge in [0.2, 0.25) is 5.91 Å². The van der Waals surface area contributed by atoms with Crippen LogP contribution in [-0.4, -0.2) is 40.8 Å². The molecule has 9 nitrogen and oxygen atoms in total. The number of likely N-dealkylation sites (tertiary alicyclic amines) is 1. The van der Waals surface area contributed by atoms with E-state index in [2.05, 4.69) is 5.32 Å². The Labute approximate surface area is 172 Å². The highest BCUT2D eigenvalue weighted by molar-refractivity contribution is 5.96. The molecule has 1 N–H and O–H groups in total. The monoisotopic (exact) mass is 411 g/mol. The minimum Gasteiger partial charge on any atom is -0.452 e. The number of amides is 2. The number of benzene rings is 2. The summed E-state index contributed by atoms with van der Waals surface area (Å²) in [6.07, 6.45) is 1.43. The van der Waals surface area contributed by atoms with E-state index in [0.717, 1.165) is 18.5 Å². The van der Waals surface area contributed by atoms with Crippen LogP contribution < -0.4 is 5.32 Å². The van der Waals surface area contributed by atoms with Gasteiger partial charge in [0.15, 0.2) is 6.61 Å². The fourth-order valence-electron chi connectivity index (χ4n) is 3.20. The number of carbonyl (C=O) groups excluding carboxylic acids is 3. The van der Waals surface area contributed by atoms with Crippen molar-refractivity contribution in [2.45, 2.75) is 26.3 Å². The Balaban J connectivity index is 1.52. The molecule has 1 heterocycles. The number of anilines is 1. The highest BCUT2D eigenvalue weighted by Gasteiger charge is 2.20. The van der Waals surface area contributed by atoms with Gasteiger partial charge in [0.05, 0.1) is 21.7 Å². The molecule has 2 aromatic rings. The summed E-state index contributed by atoms with van der Waals surface area (Å²) in [7, 11) is 0. The molecular formula is C21H21N3O6. The molecule has 2 amide bonds. The van der Waals surface area contributed by atoms with Crippen molar-refractivity contribution < 1.29 is 24.0 Å². The Kier molecular flexibility index (Phi) is 6.41. The molecular weight excluding hydrogens is 390 g/mol. The first-order chi connectivity index (χ1) is 14.3. The van der Waals surface area contributed by atoms with Gasteiger partial charge in [-0.15, -0.1) is 0 Å². The fourth-order valence-corrected chi connectivity index (χ4v) is 3.20. The second kappa shape index (κ2) is 9.17. The molecule has 1 aliphatic rings. The van der Waals surface area contributed by atoms with Gasteiger partial charge in [-0.05, 0) is 37.1 Å². The third-order valence-electron chi connectivity index (χ3n) is 4.84. The summed E-state index contributed by atoms with van der Waals surface area (Å²) in [5.41, 5.74) is 1.67. The van der Waals surface area contributed by atoms with Crippen LogP contribution in [-0.2, 0) is 20.9 Å². The van der Waals surface area contributed by atoms with Gasteiger partial charge in [0, 0.05) is 25.6 Å². The molecule has 0 spiro atoms. The maximum atomic E-state index is 12.2. The van der Waals surface area contributed by atoms with Gasteiger partial charge >= 0.3 is 5.97 Å². The molecule has 1 saturated heterocycles. The third kappa shape index (κ3) is 4.99. The van der Waals surface area contributed by atoms with Gasteiger partial charge in [-0.1, -0.05) is 18.2 Å². The first-order valence-corrected chi connectivity index (χ1v) is 9.43. The predicted octanol–water partition coefficient (Wildman–Crippen LogP) is 2.82. The van der Waals surface area contributed by atoms with Crippen LogP contribution in [0.25, 0.3) is 0 Å². The highest BCUT2D eigenvalue weighted by Crippen LogP contribution is 2.25. The van der Waals surface area contributed by atoms with Gasteiger partial charge in [-0.3, -0.25) is 19.7 Å². The standard InChI is InChI=1S/C21H21N3O6/c1-14-17(4-2-5-18(14)24(28)29)22-19(25)13-30-21(27)16-9-7-15(8-10-16)12-23-11-3-6-20(23)26/h2,4-5,7-10H,3,6,11-13H2,1H3,(H,22,25). The number of nitrogens with zero attached hydrogens (tertiary/aromatic N) is 2. The molecule has 0 atom stereocenters. The van der Waals surface area contributed by atoms with Gasteiger partial charge in [0.25, 0.3) is 11.6 Å². The Hall–Kier alpha value is -3.75. The second-order valence-corrected chi connectivity index (χ2v) is 6.95. The van der Waals surface area contributed by atoms with E-state index in [1.165, 1.54) is 25.1 Å². The molecule has 0 aliphatic carbocycles. The number of rotatable bonds is 7. The number of nitrogens with one attached hydrogen (secondary N) is 1. The van der Waals surface area contributed by atoms with Crippen molar-refractivity contribution in [3.8, 4) is 0 Å². The summed E-state index contributed by atoms with van der Waals surface area (Å²) >= 11 is 0. The third-order valence-corrected chi connectivity index (χ3v) is 4.84. The summed E-state index contributed by atoms with van der Waals surface area (Å²) in [5, 5.41) is 13.5. The Morgan fingerprint density at radius 3 is 2.57 bits per heavy atom. The lowest BCUT2D eigenvalue weighted by Crippen LogP contribution is -2.24. The van der Waals surface area contributed by atoms with Gasteiger partial charge < -0.3 is 15.0 Å². The van der Waals surface area contributed by atoms with Crippen molar-refractivity contribution in [1.82, 2.24) is 4.90 Å². The number of nitro groups is 1. The number of nitro benzene ring substituents is 1. The average Bonchev–Trinajstić information content (AvgIpc) is 3.12. The Morgan fingerprint density at radius 1 is 1.20 bits per heavy atom. The van der Waals surface area contributed by atoms with Crippen LogP contribution in [0, 0.1) is 17.0 Å². The van der Waals surface area contributed by atoms with E-state index in [-0.39, 0.29) is 22.8 Å². The topological polar surface area (TPSA) is 119 Å². The summed E-state index contributed by atoms with van der Waals surface area (Å²) in [5.74, 6) is -1.13. The number of hydrogen-bond acceptors (Lipinski definition) is 6. The normalized spacial score (nSPS) is 13.2. The van der Waals surface area contributed by atoms with Crippen LogP contribution in [0.4, 0.5) is 11.4 Å². The zero-order valence-electron chi connectivity index (χ0n) is 16.4. The van der Waals surface area contributed by atoms with Crippen LogP contribution >= 0.6 is 0 Å². The van der Waals surface area contributed by atoms with E-state index in [0.29, 0.717) is 18.5 Å². The molecule has 0 radical (unpaired) electrons. The van der Waals surface area contributed by atoms with E-state index in [9.17, 15) is 24.5 Å². The van der Waals surface area contributed by atoms with Crippen molar-refractivity contribution in [2.24, 2.45) is 0 Å². The largest absolute Gasteiger partial charge is 0.452 e. The van der Waals surface area contributed by atoms with E-state index < -0.39 is 23.4 Å². The van der Waals surface area contributed by atoms with Crippen molar-refractivity contribution in [3.05, 3.63) is 69.3 Å². The molecule has 0 saturated carbocycles. The van der Waals surface area contributed by atoms with E-state index >= 15 is 0 Å². The number of ether oxygens (including phenoxy) is 1. The Bertz CT molecular complexity index is 987. The van der Waals surface area contributed by atoms with Crippen LogP contribution in [0.3, 0.4) is 0 Å². The molecule has 9 heteroatoms. The molecule has 30 heavy (non-hydrogen) atoms. The minimum atomic E-state index is -0.662. The molecule has 3 rings (SSSR count). The first kappa shape index (κ1) is 21.0. The lowest BCUT2D eigenvalue weighted by atomic mass is 10.1. The Morgan fingerprint density at radius 2 is 1.93 bits per heavy atom. The summed E-state index contributed by atoms with van der Waals surface area (Å²) < 4.78 is 5.02. The van der Waals surface area contributed by atoms with Gasteiger partial charge in [-0.25, -0.2) is 4.79 Å². The number of carbonyl (C=O) groups is 3. The maximum absolute atomic E-state index is 12.2. The molecule has 0 aromatic heterocycles. The van der Waals surface area contributed by atoms with Gasteiger partial charge in [0.1, 0.15) is 0 Å². The fraction of sp³-hybridized carbons (Fsp3) is 0.286.